The number of amides is 1. The molecule has 11 rings (SSSR count). The molecule has 0 radical (unpaired) electrons. The van der Waals surface area contributed by atoms with E-state index in [4.69, 9.17) is 37.9 Å². The molecule has 28 heteroatoms. The van der Waals surface area contributed by atoms with E-state index in [2.05, 4.69) is 20.6 Å². The topological polar surface area (TPSA) is 334 Å². The van der Waals surface area contributed by atoms with Crippen molar-refractivity contribution in [3.63, 3.8) is 0 Å². The van der Waals surface area contributed by atoms with Gasteiger partial charge in [-0.05, 0) is 68.7 Å². The SMILES string of the molecule is CC1O[C@@H](OC2C(n3cc(-c4ccccc4)nn3)CC(CO[C@H]3OC(CO)[C@@H](O)C(n4cc(-c5cc(F)c(F)c(F)c5)nn4)C3O)C[C@H]2O[C@@H]2OC(CO)[C@H](O)C(O[C@@H](CC3CCCCC3)C(=O)N3CCC3)C2OC(=O)c2ccccc2)C(O)C(O)[C@@H]1O. The van der Waals surface area contributed by atoms with Crippen molar-refractivity contribution in [2.75, 3.05) is 32.9 Å². The molecule has 0 bridgehead atoms. The van der Waals surface area contributed by atoms with Crippen LogP contribution in [0.1, 0.15) is 87.2 Å². The maximum absolute atomic E-state index is 14.4. The molecule has 2 aliphatic carbocycles. The third kappa shape index (κ3) is 13.7. The number of halogens is 3. The Bertz CT molecular complexity index is 3090. The Morgan fingerprint density at radius 3 is 1.95 bits per heavy atom. The van der Waals surface area contributed by atoms with Gasteiger partial charge >= 0.3 is 5.97 Å². The normalized spacial score (nSPS) is 34.2. The number of hydrogen-bond acceptors (Lipinski definition) is 22. The quantitative estimate of drug-likeness (QED) is 0.0409. The van der Waals surface area contributed by atoms with Crippen LogP contribution < -0.4 is 0 Å². The second-order valence-corrected chi connectivity index (χ2v) is 23.6. The Labute approximate surface area is 503 Å². The van der Waals surface area contributed by atoms with Crippen LogP contribution in [0.25, 0.3) is 22.5 Å². The van der Waals surface area contributed by atoms with Crippen LogP contribution >= 0.6 is 0 Å². The predicted octanol–water partition coefficient (Wildman–Crippen LogP) is 2.13. The highest BCUT2D eigenvalue weighted by Crippen LogP contribution is 2.43. The average Bonchev–Trinajstić information content (AvgIpc) is 2.27. The maximum Gasteiger partial charge on any atom is 0.338 e. The number of nitrogens with zero attached hydrogens (tertiary/aromatic N) is 7. The van der Waals surface area contributed by atoms with Crippen LogP contribution in [0.2, 0.25) is 0 Å². The van der Waals surface area contributed by atoms with Crippen molar-refractivity contribution in [3.05, 3.63) is 108 Å². The Balaban J connectivity index is 0.958. The average molecular weight is 1240 g/mol. The van der Waals surface area contributed by atoms with Crippen molar-refractivity contribution < 1.29 is 102 Å². The summed E-state index contributed by atoms with van der Waals surface area (Å²) >= 11 is 0. The zero-order valence-electron chi connectivity index (χ0n) is 48.0. The molecular weight excluding hydrogens is 1160 g/mol. The van der Waals surface area contributed by atoms with Gasteiger partial charge in [0.15, 0.2) is 42.4 Å². The lowest BCUT2D eigenvalue weighted by Crippen LogP contribution is -2.64. The molecule has 2 saturated carbocycles. The molecule has 2 aromatic heterocycles. The molecule has 4 aliphatic heterocycles. The number of hydrogen-bond donors (Lipinski definition) is 8. The summed E-state index contributed by atoms with van der Waals surface area (Å²) < 4.78 is 96.9. The Morgan fingerprint density at radius 2 is 1.28 bits per heavy atom. The van der Waals surface area contributed by atoms with Gasteiger partial charge in [0, 0.05) is 24.2 Å². The molecule has 6 aliphatic rings. The molecule has 4 saturated heterocycles. The zero-order valence-corrected chi connectivity index (χ0v) is 48.0. The van der Waals surface area contributed by atoms with Crippen LogP contribution in [0.4, 0.5) is 13.2 Å². The van der Waals surface area contributed by atoms with E-state index in [0.29, 0.717) is 36.5 Å². The third-order valence-corrected chi connectivity index (χ3v) is 17.7. The molecule has 20 atom stereocenters. The van der Waals surface area contributed by atoms with Gasteiger partial charge in [-0.15, -0.1) is 10.2 Å². The molecule has 1 amide bonds. The summed E-state index contributed by atoms with van der Waals surface area (Å²) in [6, 6.07) is 15.9. The second kappa shape index (κ2) is 28.1. The molecule has 88 heavy (non-hydrogen) atoms. The summed E-state index contributed by atoms with van der Waals surface area (Å²) in [7, 11) is 0. The van der Waals surface area contributed by atoms with E-state index in [9.17, 15) is 63.6 Å². The molecule has 6 heterocycles. The van der Waals surface area contributed by atoms with Crippen molar-refractivity contribution in [3.8, 4) is 22.5 Å². The minimum atomic E-state index is -1.85. The van der Waals surface area contributed by atoms with E-state index < -0.39 is 159 Å². The van der Waals surface area contributed by atoms with Gasteiger partial charge in [-0.3, -0.25) is 4.79 Å². The predicted molar refractivity (Wildman–Crippen MR) is 296 cm³/mol. The molecule has 8 N–H and O–H groups in total. The molecule has 12 unspecified atom stereocenters. The number of esters is 1. The van der Waals surface area contributed by atoms with Crippen molar-refractivity contribution >= 4 is 11.9 Å². The zero-order chi connectivity index (χ0) is 61.9. The largest absolute Gasteiger partial charge is 0.450 e. The minimum absolute atomic E-state index is 0.0459. The fourth-order valence-corrected chi connectivity index (χ4v) is 12.7. The second-order valence-electron chi connectivity index (χ2n) is 23.6. The van der Waals surface area contributed by atoms with Crippen LogP contribution in [-0.4, -0.2) is 225 Å². The summed E-state index contributed by atoms with van der Waals surface area (Å²) in [4.78, 5) is 30.5. The lowest BCUT2D eigenvalue weighted by molar-refractivity contribution is -0.350. The number of aliphatic hydroxyl groups excluding tert-OH is 8. The van der Waals surface area contributed by atoms with Crippen molar-refractivity contribution in [2.45, 2.75) is 181 Å². The van der Waals surface area contributed by atoms with E-state index in [1.807, 2.05) is 18.2 Å². The molecule has 0 spiro atoms. The molecule has 478 valence electrons. The smallest absolute Gasteiger partial charge is 0.338 e. The van der Waals surface area contributed by atoms with E-state index in [1.165, 1.54) is 23.7 Å². The van der Waals surface area contributed by atoms with Gasteiger partial charge in [0.2, 0.25) is 0 Å². The molecule has 25 nitrogen and oxygen atoms in total. The van der Waals surface area contributed by atoms with Gasteiger partial charge in [0.05, 0.1) is 56.0 Å². The monoisotopic (exact) mass is 1240 g/mol. The highest BCUT2D eigenvalue weighted by Gasteiger charge is 2.55. The fraction of sp³-hybridized carbons (Fsp3) is 0.600. The van der Waals surface area contributed by atoms with Crippen LogP contribution in [-0.2, 0) is 42.7 Å². The number of ether oxygens (including phenoxy) is 8. The van der Waals surface area contributed by atoms with Crippen LogP contribution in [0.3, 0.4) is 0 Å². The number of rotatable bonds is 20. The first-order valence-electron chi connectivity index (χ1n) is 29.9. The van der Waals surface area contributed by atoms with Crippen LogP contribution in [0.15, 0.2) is 85.2 Å². The molecular formula is C60H74F3N7O18. The minimum Gasteiger partial charge on any atom is -0.450 e. The molecule has 5 aromatic rings. The number of aromatic nitrogens is 6. The van der Waals surface area contributed by atoms with Crippen LogP contribution in [0, 0.1) is 29.3 Å². The number of carbonyl (C=O) groups excluding carboxylic acids is 2. The van der Waals surface area contributed by atoms with Crippen molar-refractivity contribution in [1.29, 1.82) is 0 Å². The number of carbonyl (C=O) groups is 2. The standard InChI is InChI=1S/C60H74F3N7O18/c1-30-47(73)51(77)52(78)59(82-30)88-53-40(69-25-38(64-66-69)33-14-7-3-8-15-33)20-32(29-81-58-50(76)46(48(74)43(27-71)85-58)70-26-39(65-67-70)35-23-36(61)45(63)37(62)24-35)22-41(53)84-60-55(87-57(80)34-16-9-4-10-17-34)54(49(75)44(28-72)86-60)83-42(56(79)68-18-11-19-68)21-31-12-5-2-6-13-31/h3-4,7-10,14-17,23-26,30-32,40-44,46-55,58-60,71-78H,2,5-6,11-13,18-22,27-29H2,1H3/t30?,32?,40?,41-,42+,43?,44?,46?,47-,48-,49+,50?,51?,52?,53?,54?,55?,58+,59+,60-/m1/s1. The highest BCUT2D eigenvalue weighted by molar-refractivity contribution is 5.89. The van der Waals surface area contributed by atoms with Crippen molar-refractivity contribution in [2.24, 2.45) is 11.8 Å². The summed E-state index contributed by atoms with van der Waals surface area (Å²) in [5.41, 5.74) is 0.809. The van der Waals surface area contributed by atoms with Gasteiger partial charge in [0.25, 0.3) is 5.91 Å². The number of likely N-dealkylation sites (tertiary alicyclic amines) is 1. The van der Waals surface area contributed by atoms with E-state index >= 15 is 0 Å². The van der Waals surface area contributed by atoms with E-state index in [-0.39, 0.29) is 54.5 Å². The molecule has 6 fully saturated rings. The van der Waals surface area contributed by atoms with Crippen molar-refractivity contribution in [1.82, 2.24) is 34.9 Å². The lowest BCUT2D eigenvalue weighted by Gasteiger charge is -2.49. The van der Waals surface area contributed by atoms with Gasteiger partial charge in [0.1, 0.15) is 84.6 Å². The first kappa shape index (κ1) is 63.6. The number of aliphatic hydroxyl groups is 8. The summed E-state index contributed by atoms with van der Waals surface area (Å²) in [6.07, 6.45) is -18.1. The lowest BCUT2D eigenvalue weighted by atomic mass is 9.81. The first-order valence-corrected chi connectivity index (χ1v) is 29.9. The Kier molecular flexibility index (Phi) is 20.3. The first-order chi connectivity index (χ1) is 42.5. The fourth-order valence-electron chi connectivity index (χ4n) is 12.7. The van der Waals surface area contributed by atoms with Gasteiger partial charge in [-0.1, -0.05) is 91.1 Å². The van der Waals surface area contributed by atoms with E-state index in [0.717, 1.165) is 49.4 Å². The summed E-state index contributed by atoms with van der Waals surface area (Å²) in [5, 5.41) is 108. The highest BCUT2D eigenvalue weighted by atomic mass is 19.2. The third-order valence-electron chi connectivity index (χ3n) is 17.7. The van der Waals surface area contributed by atoms with Gasteiger partial charge in [-0.2, -0.15) is 0 Å². The van der Waals surface area contributed by atoms with Crippen LogP contribution in [0.5, 0.6) is 0 Å². The number of benzene rings is 3. The van der Waals surface area contributed by atoms with E-state index in [1.54, 1.807) is 41.4 Å². The Hall–Kier alpha value is -5.93. The Morgan fingerprint density at radius 1 is 0.648 bits per heavy atom. The maximum atomic E-state index is 14.4. The molecule has 3 aromatic carbocycles. The summed E-state index contributed by atoms with van der Waals surface area (Å²) in [6.45, 7) is 0.517. The summed E-state index contributed by atoms with van der Waals surface area (Å²) in [5.74, 6) is -6.55. The van der Waals surface area contributed by atoms with Gasteiger partial charge < -0.3 is 83.6 Å². The van der Waals surface area contributed by atoms with Gasteiger partial charge in [-0.25, -0.2) is 27.3 Å².